The van der Waals surface area contributed by atoms with Crippen LogP contribution in [0.2, 0.25) is 0 Å². The molecule has 0 saturated heterocycles. The van der Waals surface area contributed by atoms with E-state index in [0.717, 1.165) is 11.3 Å². The van der Waals surface area contributed by atoms with Gasteiger partial charge in [0.1, 0.15) is 17.4 Å². The van der Waals surface area contributed by atoms with Gasteiger partial charge in [-0.25, -0.2) is 0 Å². The molecule has 1 N–H and O–H groups in total. The second-order valence-corrected chi connectivity index (χ2v) is 7.43. The van der Waals surface area contributed by atoms with Gasteiger partial charge in [-0.2, -0.15) is 5.26 Å². The highest BCUT2D eigenvalue weighted by Gasteiger charge is 2.18. The molecule has 0 radical (unpaired) electrons. The minimum absolute atomic E-state index is 0.0294. The molecule has 0 aliphatic carbocycles. The Morgan fingerprint density at radius 3 is 2.44 bits per heavy atom. The van der Waals surface area contributed by atoms with Crippen molar-refractivity contribution in [1.29, 1.82) is 5.26 Å². The molecule has 0 unspecified atom stereocenters. The molecule has 8 heteroatoms. The lowest BCUT2D eigenvalue weighted by molar-refractivity contribution is 0.340. The molecule has 8 nitrogen and oxygen atoms in total. The zero-order valence-electron chi connectivity index (χ0n) is 19.7. The number of hydrogen-bond donors (Lipinski definition) is 1. The quantitative estimate of drug-likeness (QED) is 0.480. The van der Waals surface area contributed by atoms with E-state index in [4.69, 9.17) is 14.2 Å². The van der Waals surface area contributed by atoms with E-state index in [2.05, 4.69) is 4.99 Å². The molecule has 0 saturated carbocycles. The summed E-state index contributed by atoms with van der Waals surface area (Å²) in [6.07, 6.45) is 1.89. The van der Waals surface area contributed by atoms with E-state index in [1.807, 2.05) is 25.1 Å². The summed E-state index contributed by atoms with van der Waals surface area (Å²) in [6, 6.07) is 14.6. The van der Waals surface area contributed by atoms with Crippen LogP contribution in [0.1, 0.15) is 29.2 Å². The van der Waals surface area contributed by atoms with Crippen molar-refractivity contribution in [2.45, 2.75) is 26.8 Å². The van der Waals surface area contributed by atoms with Crippen LogP contribution in [-0.4, -0.2) is 36.7 Å². The number of rotatable bonds is 9. The maximum atomic E-state index is 12.9. The van der Waals surface area contributed by atoms with Crippen LogP contribution in [0.5, 0.6) is 23.1 Å². The minimum atomic E-state index is -0.545. The Morgan fingerprint density at radius 2 is 1.82 bits per heavy atom. The van der Waals surface area contributed by atoms with Gasteiger partial charge in [0.05, 0.1) is 32.1 Å². The van der Waals surface area contributed by atoms with E-state index in [1.165, 1.54) is 10.8 Å². The van der Waals surface area contributed by atoms with E-state index < -0.39 is 5.56 Å². The maximum absolute atomic E-state index is 12.9. The third kappa shape index (κ3) is 5.21. The van der Waals surface area contributed by atoms with Gasteiger partial charge >= 0.3 is 0 Å². The van der Waals surface area contributed by atoms with Crippen molar-refractivity contribution < 1.29 is 19.3 Å². The Labute approximate surface area is 198 Å². The van der Waals surface area contributed by atoms with Crippen LogP contribution >= 0.6 is 0 Å². The summed E-state index contributed by atoms with van der Waals surface area (Å²) < 4.78 is 17.2. The van der Waals surface area contributed by atoms with Crippen LogP contribution in [0.3, 0.4) is 0 Å². The van der Waals surface area contributed by atoms with Crippen LogP contribution in [0, 0.1) is 18.3 Å². The van der Waals surface area contributed by atoms with Gasteiger partial charge in [0.15, 0.2) is 11.5 Å². The summed E-state index contributed by atoms with van der Waals surface area (Å²) in [7, 11) is 3.11. The summed E-state index contributed by atoms with van der Waals surface area (Å²) >= 11 is 0. The van der Waals surface area contributed by atoms with Crippen LogP contribution in [-0.2, 0) is 13.0 Å². The number of aromatic nitrogens is 1. The largest absolute Gasteiger partial charge is 0.494 e. The predicted molar refractivity (Wildman–Crippen MR) is 130 cm³/mol. The smallest absolute Gasteiger partial charge is 0.271 e. The molecule has 0 aliphatic rings. The van der Waals surface area contributed by atoms with Crippen LogP contribution in [0.25, 0.3) is 0 Å². The number of nitrogens with zero attached hydrogens (tertiary/aromatic N) is 3. The molecule has 1 heterocycles. The molecule has 0 spiro atoms. The first kappa shape index (κ1) is 24.4. The summed E-state index contributed by atoms with van der Waals surface area (Å²) in [4.78, 5) is 17.3. The van der Waals surface area contributed by atoms with Crippen LogP contribution in [0.4, 0.5) is 5.69 Å². The molecule has 0 aliphatic heterocycles. The molecule has 0 atom stereocenters. The number of benzene rings is 2. The Kier molecular flexibility index (Phi) is 7.93. The van der Waals surface area contributed by atoms with Gasteiger partial charge in [-0.15, -0.1) is 0 Å². The summed E-state index contributed by atoms with van der Waals surface area (Å²) in [5.41, 5.74) is 1.64. The third-order valence-corrected chi connectivity index (χ3v) is 5.41. The van der Waals surface area contributed by atoms with E-state index in [-0.39, 0.29) is 18.0 Å². The maximum Gasteiger partial charge on any atom is 0.271 e. The highest BCUT2D eigenvalue weighted by atomic mass is 16.5. The van der Waals surface area contributed by atoms with Crippen LogP contribution < -0.4 is 19.8 Å². The Hall–Kier alpha value is -4.25. The molecule has 3 rings (SSSR count). The summed E-state index contributed by atoms with van der Waals surface area (Å²) in [5.74, 6) is 1.66. The molecule has 2 aromatic carbocycles. The number of aryl methyl sites for hydroxylation is 1. The van der Waals surface area contributed by atoms with Crippen molar-refractivity contribution >= 4 is 11.9 Å². The molecule has 1 aromatic heterocycles. The van der Waals surface area contributed by atoms with Gasteiger partial charge in [-0.3, -0.25) is 14.4 Å². The van der Waals surface area contributed by atoms with Crippen LogP contribution in [0.15, 0.2) is 52.3 Å². The van der Waals surface area contributed by atoms with Crippen molar-refractivity contribution in [3.05, 3.63) is 75.1 Å². The van der Waals surface area contributed by atoms with Gasteiger partial charge in [0.25, 0.3) is 5.56 Å². The number of pyridine rings is 1. The molecular weight excluding hydrogens is 434 g/mol. The van der Waals surface area contributed by atoms with E-state index in [0.29, 0.717) is 41.3 Å². The van der Waals surface area contributed by atoms with Gasteiger partial charge in [0, 0.05) is 12.8 Å². The normalized spacial score (nSPS) is 10.8. The number of nitriles is 1. The molecular formula is C26H27N3O5. The van der Waals surface area contributed by atoms with Gasteiger partial charge in [-0.1, -0.05) is 6.07 Å². The molecule has 0 fully saturated rings. The lowest BCUT2D eigenvalue weighted by atomic mass is 10.1. The zero-order valence-corrected chi connectivity index (χ0v) is 19.7. The first-order chi connectivity index (χ1) is 16.4. The second-order valence-electron chi connectivity index (χ2n) is 7.43. The third-order valence-electron chi connectivity index (χ3n) is 5.41. The first-order valence-corrected chi connectivity index (χ1v) is 10.8. The lowest BCUT2D eigenvalue weighted by Crippen LogP contribution is -2.26. The number of methoxy groups -OCH3 is 2. The Bertz CT molecular complexity index is 1290. The Balaban J connectivity index is 1.93. The van der Waals surface area contributed by atoms with Crippen molar-refractivity contribution in [2.24, 2.45) is 4.99 Å². The Morgan fingerprint density at radius 1 is 1.12 bits per heavy atom. The predicted octanol–water partition coefficient (Wildman–Crippen LogP) is 4.14. The van der Waals surface area contributed by atoms with Crippen molar-refractivity contribution in [3.63, 3.8) is 0 Å². The van der Waals surface area contributed by atoms with Gasteiger partial charge in [-0.05, 0) is 67.8 Å². The average Bonchev–Trinajstić information content (AvgIpc) is 2.85. The highest BCUT2D eigenvalue weighted by molar-refractivity contribution is 5.87. The average molecular weight is 462 g/mol. The number of aromatic hydroxyl groups is 1. The topological polar surface area (TPSA) is 106 Å². The number of ether oxygens (including phenoxy) is 3. The second kappa shape index (κ2) is 11.1. The fourth-order valence-electron chi connectivity index (χ4n) is 3.54. The van der Waals surface area contributed by atoms with E-state index in [9.17, 15) is 15.2 Å². The highest BCUT2D eigenvalue weighted by Crippen LogP contribution is 2.28. The minimum Gasteiger partial charge on any atom is -0.494 e. The van der Waals surface area contributed by atoms with Crippen molar-refractivity contribution in [1.82, 2.24) is 4.57 Å². The molecule has 0 amide bonds. The zero-order chi connectivity index (χ0) is 24.7. The molecule has 3 aromatic rings. The monoisotopic (exact) mass is 461 g/mol. The van der Waals surface area contributed by atoms with Gasteiger partial charge < -0.3 is 19.3 Å². The molecule has 176 valence electrons. The number of aliphatic imine (C=N–C) groups is 1. The van der Waals surface area contributed by atoms with Gasteiger partial charge in [0.2, 0.25) is 5.88 Å². The SMILES string of the molecule is CCOc1ccc(N=Cc2c(C)c(C#N)c(=O)n(CCc3ccc(OC)c(OC)c3)c2O)cc1. The summed E-state index contributed by atoms with van der Waals surface area (Å²) in [6.45, 7) is 4.26. The number of hydrogen-bond acceptors (Lipinski definition) is 7. The standard InChI is InChI=1S/C26H27N3O5/c1-5-34-20-9-7-19(8-10-20)28-16-22-17(2)21(15-27)25(30)29(26(22)31)13-12-18-6-11-23(32-3)24(14-18)33-4/h6-11,14,16,31H,5,12-13H2,1-4H3. The fraction of sp³-hybridized carbons (Fsp3) is 0.269. The first-order valence-electron chi connectivity index (χ1n) is 10.8. The fourth-order valence-corrected chi connectivity index (χ4v) is 3.54. The van der Waals surface area contributed by atoms with Crippen molar-refractivity contribution in [3.8, 4) is 29.2 Å². The summed E-state index contributed by atoms with van der Waals surface area (Å²) in [5, 5.41) is 20.5. The van der Waals surface area contributed by atoms with E-state index >= 15 is 0 Å². The van der Waals surface area contributed by atoms with Crippen molar-refractivity contribution in [2.75, 3.05) is 20.8 Å². The molecule has 34 heavy (non-hydrogen) atoms. The molecule has 0 bridgehead atoms. The lowest BCUT2D eigenvalue weighted by Gasteiger charge is -2.15. The van der Waals surface area contributed by atoms with E-state index in [1.54, 1.807) is 51.5 Å².